The fourth-order valence-corrected chi connectivity index (χ4v) is 4.27. The summed E-state index contributed by atoms with van der Waals surface area (Å²) in [5.74, 6) is 6.04. The number of rotatable bonds is 5. The van der Waals surface area contributed by atoms with Crippen molar-refractivity contribution in [3.8, 4) is 5.75 Å². The molecule has 6 nitrogen and oxygen atoms in total. The van der Waals surface area contributed by atoms with E-state index < -0.39 is 0 Å². The molecule has 5 N–H and O–H groups in total. The Bertz CT molecular complexity index is 637. The molecule has 0 amide bonds. The zero-order chi connectivity index (χ0) is 26.0. The predicted octanol–water partition coefficient (Wildman–Crippen LogP) is 5.86. The van der Waals surface area contributed by atoms with E-state index in [1.54, 1.807) is 0 Å². The number of fused-ring (bicyclic) bond motifs is 1. The molecule has 1 saturated heterocycles. The van der Waals surface area contributed by atoms with Gasteiger partial charge in [0.1, 0.15) is 18.0 Å². The largest absolute Gasteiger partial charge is 0.487 e. The maximum atomic E-state index is 7.20. The van der Waals surface area contributed by atoms with E-state index in [4.69, 9.17) is 20.9 Å². The van der Waals surface area contributed by atoms with Crippen molar-refractivity contribution in [2.24, 2.45) is 11.3 Å². The molecule has 2 aliphatic heterocycles. The topological polar surface area (TPSA) is 92.4 Å². The Balaban J connectivity index is 0.000000517. The Kier molecular flexibility index (Phi) is 18.0. The molecule has 0 radical (unpaired) electrons. The summed E-state index contributed by atoms with van der Waals surface area (Å²) in [5.41, 5.74) is 2.78. The second-order valence-electron chi connectivity index (χ2n) is 8.87. The summed E-state index contributed by atoms with van der Waals surface area (Å²) in [7, 11) is 2.07. The first-order valence-corrected chi connectivity index (χ1v) is 13.5. The lowest BCUT2D eigenvalue weighted by atomic mass is 9.65. The van der Waals surface area contributed by atoms with Crippen molar-refractivity contribution < 1.29 is 9.57 Å². The number of unbranched alkanes of at least 4 members (excludes halogenated alkanes) is 1. The van der Waals surface area contributed by atoms with Gasteiger partial charge in [0.25, 0.3) is 0 Å². The molecule has 0 bridgehead atoms. The summed E-state index contributed by atoms with van der Waals surface area (Å²) in [6.07, 6.45) is 9.94. The molecule has 6 heteroatoms. The highest BCUT2D eigenvalue weighted by molar-refractivity contribution is 5.77. The molecule has 1 spiro atoms. The van der Waals surface area contributed by atoms with E-state index >= 15 is 0 Å². The second-order valence-corrected chi connectivity index (χ2v) is 8.87. The number of hydrogen-bond donors (Lipinski definition) is 4. The maximum Gasteiger partial charge on any atom is 0.127 e. The summed E-state index contributed by atoms with van der Waals surface area (Å²) < 4.78 is 5.80. The average Bonchev–Trinajstić information content (AvgIpc) is 3.40. The van der Waals surface area contributed by atoms with Crippen molar-refractivity contribution in [1.82, 2.24) is 10.6 Å². The quantitative estimate of drug-likeness (QED) is 0.314. The van der Waals surface area contributed by atoms with Crippen LogP contribution in [-0.4, -0.2) is 44.6 Å². The number of benzene rings is 1. The SMILES string of the molecule is CC.CC.CC(ON)C1CCc2cc(C=N)ccc2O1.CCCC.CNC1CC2(CCNC2)C1. The second kappa shape index (κ2) is 18.8. The number of ether oxygens (including phenoxy) is 1. The van der Waals surface area contributed by atoms with Crippen molar-refractivity contribution in [1.29, 1.82) is 5.41 Å². The van der Waals surface area contributed by atoms with E-state index in [9.17, 15) is 0 Å². The molecule has 4 rings (SSSR count). The van der Waals surface area contributed by atoms with Crippen molar-refractivity contribution in [3.05, 3.63) is 29.3 Å². The van der Waals surface area contributed by atoms with Crippen LogP contribution in [0.2, 0.25) is 0 Å². The third-order valence-electron chi connectivity index (χ3n) is 6.57. The zero-order valence-electron chi connectivity index (χ0n) is 23.3. The van der Waals surface area contributed by atoms with Gasteiger partial charge >= 0.3 is 0 Å². The van der Waals surface area contributed by atoms with Crippen molar-refractivity contribution in [3.63, 3.8) is 0 Å². The predicted molar refractivity (Wildman–Crippen MR) is 147 cm³/mol. The molecule has 1 aromatic carbocycles. The first-order chi connectivity index (χ1) is 16.5. The van der Waals surface area contributed by atoms with E-state index in [1.807, 2.05) is 52.8 Å². The van der Waals surface area contributed by atoms with Crippen LogP contribution in [0.3, 0.4) is 0 Å². The van der Waals surface area contributed by atoms with E-state index in [-0.39, 0.29) is 12.2 Å². The van der Waals surface area contributed by atoms with Crippen LogP contribution in [0.25, 0.3) is 0 Å². The molecule has 2 fully saturated rings. The summed E-state index contributed by atoms with van der Waals surface area (Å²) >= 11 is 0. The van der Waals surface area contributed by atoms with E-state index in [1.165, 1.54) is 51.4 Å². The van der Waals surface area contributed by atoms with Gasteiger partial charge in [0.05, 0.1) is 0 Å². The van der Waals surface area contributed by atoms with Crippen LogP contribution in [0, 0.1) is 10.8 Å². The zero-order valence-corrected chi connectivity index (χ0v) is 23.3. The summed E-state index contributed by atoms with van der Waals surface area (Å²) in [6.45, 7) is 16.8. The van der Waals surface area contributed by atoms with Gasteiger partial charge in [0.15, 0.2) is 0 Å². The standard InChI is InChI=1S/C12H16N2O2.C8H16N2.C4H10.2C2H6/c1-8(16-14)11-5-3-10-6-9(7-13)2-4-12(10)15-11;1-9-7-4-8(5-7)2-3-10-6-8;1-3-4-2;2*1-2/h2,4,6-8,11,13H,3,5,14H2,1H3;7,9-10H,2-6H2,1H3;3-4H2,1-2H3;2*1-2H3. The summed E-state index contributed by atoms with van der Waals surface area (Å²) in [4.78, 5) is 4.79. The average molecular weight is 479 g/mol. The molecule has 0 aromatic heterocycles. The van der Waals surface area contributed by atoms with Gasteiger partial charge in [-0.3, -0.25) is 4.84 Å². The highest BCUT2D eigenvalue weighted by Crippen LogP contribution is 2.45. The van der Waals surface area contributed by atoms with Crippen LogP contribution < -0.4 is 21.3 Å². The Labute approximate surface area is 210 Å². The van der Waals surface area contributed by atoms with Gasteiger partial charge in [0.2, 0.25) is 0 Å². The molecule has 1 aromatic rings. The van der Waals surface area contributed by atoms with Gasteiger partial charge in [-0.15, -0.1) is 0 Å². The summed E-state index contributed by atoms with van der Waals surface area (Å²) in [5, 5.41) is 14.0. The molecule has 2 heterocycles. The Morgan fingerprint density at radius 3 is 2.35 bits per heavy atom. The monoisotopic (exact) mass is 478 g/mol. The highest BCUT2D eigenvalue weighted by Gasteiger charge is 2.44. The summed E-state index contributed by atoms with van der Waals surface area (Å²) in [6, 6.07) is 6.60. The molecule has 1 saturated carbocycles. The molecule has 2 atom stereocenters. The van der Waals surface area contributed by atoms with Gasteiger partial charge in [0, 0.05) is 18.8 Å². The minimum Gasteiger partial charge on any atom is -0.487 e. The van der Waals surface area contributed by atoms with Gasteiger partial charge in [-0.2, -0.15) is 0 Å². The fraction of sp³-hybridized carbons (Fsp3) is 0.750. The first-order valence-electron chi connectivity index (χ1n) is 13.5. The lowest BCUT2D eigenvalue weighted by molar-refractivity contribution is -0.0238. The third-order valence-corrected chi connectivity index (χ3v) is 6.57. The molecular weight excluding hydrogens is 424 g/mol. The van der Waals surface area contributed by atoms with Gasteiger partial charge in [-0.1, -0.05) is 54.4 Å². The normalized spacial score (nSPS) is 24.5. The van der Waals surface area contributed by atoms with Crippen molar-refractivity contribution in [2.75, 3.05) is 20.1 Å². The number of hydrogen-bond acceptors (Lipinski definition) is 6. The van der Waals surface area contributed by atoms with E-state index in [0.717, 1.165) is 35.8 Å². The van der Waals surface area contributed by atoms with Crippen LogP contribution in [0.4, 0.5) is 0 Å². The number of aryl methyl sites for hydroxylation is 1. The van der Waals surface area contributed by atoms with Crippen LogP contribution >= 0.6 is 0 Å². The lowest BCUT2D eigenvalue weighted by Crippen LogP contribution is -2.48. The molecule has 3 aliphatic rings. The number of nitrogens with one attached hydrogen (secondary N) is 3. The Morgan fingerprint density at radius 2 is 1.88 bits per heavy atom. The minimum absolute atomic E-state index is 0.0170. The molecular formula is C28H54N4O2. The van der Waals surface area contributed by atoms with Gasteiger partial charge in [-0.05, 0) is 87.4 Å². The minimum atomic E-state index is -0.101. The van der Waals surface area contributed by atoms with E-state index in [2.05, 4.69) is 31.5 Å². The van der Waals surface area contributed by atoms with Crippen molar-refractivity contribution in [2.45, 2.75) is 112 Å². The third kappa shape index (κ3) is 10.4. The maximum absolute atomic E-state index is 7.20. The molecule has 2 unspecified atom stereocenters. The lowest BCUT2D eigenvalue weighted by Gasteiger charge is -2.44. The van der Waals surface area contributed by atoms with Gasteiger partial charge in [-0.25, -0.2) is 5.90 Å². The van der Waals surface area contributed by atoms with Crippen LogP contribution in [-0.2, 0) is 11.3 Å². The number of nitrogens with two attached hydrogens (primary N) is 1. The fourth-order valence-electron chi connectivity index (χ4n) is 4.27. The Morgan fingerprint density at radius 1 is 1.24 bits per heavy atom. The molecule has 198 valence electrons. The highest BCUT2D eigenvalue weighted by atomic mass is 16.6. The Hall–Kier alpha value is -1.47. The van der Waals surface area contributed by atoms with Crippen LogP contribution in [0.15, 0.2) is 18.2 Å². The first kappa shape index (κ1) is 32.5. The molecule has 1 aliphatic carbocycles. The van der Waals surface area contributed by atoms with Gasteiger partial charge < -0.3 is 20.8 Å². The van der Waals surface area contributed by atoms with Crippen molar-refractivity contribution >= 4 is 6.21 Å². The molecule has 34 heavy (non-hydrogen) atoms. The van der Waals surface area contributed by atoms with E-state index in [0.29, 0.717) is 5.41 Å². The van der Waals surface area contributed by atoms with Crippen LogP contribution in [0.5, 0.6) is 5.75 Å². The van der Waals surface area contributed by atoms with Crippen LogP contribution in [0.1, 0.15) is 98.1 Å². The smallest absolute Gasteiger partial charge is 0.127 e.